The summed E-state index contributed by atoms with van der Waals surface area (Å²) in [6.07, 6.45) is 0. The molecule has 1 aliphatic heterocycles. The number of fused-ring (bicyclic) bond motifs is 1. The zero-order valence-electron chi connectivity index (χ0n) is 16.8. The minimum atomic E-state index is -4.02. The molecule has 0 radical (unpaired) electrons. The molecular weight excluding hydrogens is 498 g/mol. The van der Waals surface area contributed by atoms with Crippen LogP contribution in [-0.4, -0.2) is 60.3 Å². The number of carbonyl (C=O) groups is 2. The largest absolute Gasteiger partial charge is 0.335 e. The number of nitrogens with zero attached hydrogens (tertiary/aromatic N) is 2. The fourth-order valence-corrected chi connectivity index (χ4v) is 5.61. The van der Waals surface area contributed by atoms with E-state index in [0.717, 1.165) is 15.1 Å². The van der Waals surface area contributed by atoms with Gasteiger partial charge in [-0.3, -0.25) is 14.8 Å². The standard InChI is InChI=1S/C22H20BrN3O5S/c23-18-7-9-19(10-8-18)32(30,31)26-12-11-25(14-20(26)21(27)24-29)22(28)17-6-5-15-3-1-2-4-16(15)13-17/h1-10,13,20,29H,11-12,14H2,(H,24,27). The van der Waals surface area contributed by atoms with Crippen molar-refractivity contribution in [2.45, 2.75) is 10.9 Å². The van der Waals surface area contributed by atoms with Crippen LogP contribution in [0.15, 0.2) is 76.1 Å². The van der Waals surface area contributed by atoms with E-state index in [-0.39, 0.29) is 30.4 Å². The summed E-state index contributed by atoms with van der Waals surface area (Å²) < 4.78 is 28.1. The first kappa shape index (κ1) is 22.4. The van der Waals surface area contributed by atoms with Crippen LogP contribution in [0.4, 0.5) is 0 Å². The van der Waals surface area contributed by atoms with Crippen molar-refractivity contribution >= 4 is 48.5 Å². The lowest BCUT2D eigenvalue weighted by Gasteiger charge is -2.39. The Balaban J connectivity index is 1.61. The second kappa shape index (κ2) is 8.99. The Labute approximate surface area is 193 Å². The molecule has 0 bridgehead atoms. The van der Waals surface area contributed by atoms with E-state index in [1.165, 1.54) is 22.5 Å². The summed E-state index contributed by atoms with van der Waals surface area (Å²) in [5, 5.41) is 11.1. The van der Waals surface area contributed by atoms with E-state index < -0.39 is 22.0 Å². The minimum absolute atomic E-state index is 0.0192. The van der Waals surface area contributed by atoms with E-state index in [2.05, 4.69) is 15.9 Å². The molecule has 0 aliphatic carbocycles. The van der Waals surface area contributed by atoms with E-state index in [4.69, 9.17) is 0 Å². The highest BCUT2D eigenvalue weighted by molar-refractivity contribution is 9.10. The fourth-order valence-electron chi connectivity index (χ4n) is 3.77. The number of hydroxylamine groups is 1. The molecule has 3 aromatic rings. The van der Waals surface area contributed by atoms with Gasteiger partial charge in [-0.25, -0.2) is 13.9 Å². The van der Waals surface area contributed by atoms with Crippen LogP contribution in [0.1, 0.15) is 10.4 Å². The molecule has 1 heterocycles. The SMILES string of the molecule is O=C(NO)C1CN(C(=O)c2ccc3ccccc3c2)CCN1S(=O)(=O)c1ccc(Br)cc1. The molecule has 8 nitrogen and oxygen atoms in total. The zero-order valence-corrected chi connectivity index (χ0v) is 19.2. The van der Waals surface area contributed by atoms with Crippen LogP contribution in [-0.2, 0) is 14.8 Å². The first-order valence-corrected chi connectivity index (χ1v) is 12.0. The molecule has 0 aromatic heterocycles. The Bertz CT molecular complexity index is 1280. The highest BCUT2D eigenvalue weighted by Gasteiger charge is 2.41. The van der Waals surface area contributed by atoms with Gasteiger partial charge in [-0.15, -0.1) is 0 Å². The van der Waals surface area contributed by atoms with E-state index in [0.29, 0.717) is 10.0 Å². The van der Waals surface area contributed by atoms with Gasteiger partial charge in [-0.2, -0.15) is 4.31 Å². The molecule has 10 heteroatoms. The number of sulfonamides is 1. The average molecular weight is 518 g/mol. The van der Waals surface area contributed by atoms with Crippen molar-refractivity contribution in [1.29, 1.82) is 0 Å². The molecule has 3 aromatic carbocycles. The molecule has 2 N–H and O–H groups in total. The van der Waals surface area contributed by atoms with E-state index in [9.17, 15) is 23.2 Å². The molecule has 1 unspecified atom stereocenters. The summed E-state index contributed by atoms with van der Waals surface area (Å²) in [4.78, 5) is 26.9. The lowest BCUT2D eigenvalue weighted by atomic mass is 10.1. The van der Waals surface area contributed by atoms with Crippen molar-refractivity contribution in [2.24, 2.45) is 0 Å². The third kappa shape index (κ3) is 4.26. The number of halogens is 1. The Morgan fingerprint density at radius 3 is 2.34 bits per heavy atom. The number of piperazine rings is 1. The molecule has 2 amide bonds. The summed E-state index contributed by atoms with van der Waals surface area (Å²) in [6.45, 7) is -0.166. The zero-order chi connectivity index (χ0) is 22.9. The predicted molar refractivity (Wildman–Crippen MR) is 122 cm³/mol. The number of carbonyl (C=O) groups excluding carboxylic acids is 2. The molecule has 1 fully saturated rings. The normalized spacial score (nSPS) is 17.3. The van der Waals surface area contributed by atoms with Gasteiger partial charge in [0.25, 0.3) is 11.8 Å². The second-order valence-electron chi connectivity index (χ2n) is 7.37. The number of rotatable bonds is 4. The number of nitrogens with one attached hydrogen (secondary N) is 1. The van der Waals surface area contributed by atoms with Gasteiger partial charge in [0.15, 0.2) is 0 Å². The fraction of sp³-hybridized carbons (Fsp3) is 0.182. The van der Waals surface area contributed by atoms with Crippen molar-refractivity contribution in [1.82, 2.24) is 14.7 Å². The minimum Gasteiger partial charge on any atom is -0.335 e. The average Bonchev–Trinajstić information content (AvgIpc) is 2.82. The third-order valence-electron chi connectivity index (χ3n) is 5.45. The molecule has 0 spiro atoms. The first-order valence-electron chi connectivity index (χ1n) is 9.81. The number of hydrogen-bond acceptors (Lipinski definition) is 5. The van der Waals surface area contributed by atoms with Crippen LogP contribution >= 0.6 is 15.9 Å². The molecule has 166 valence electrons. The van der Waals surface area contributed by atoms with Crippen LogP contribution in [0.3, 0.4) is 0 Å². The van der Waals surface area contributed by atoms with Crippen molar-refractivity contribution in [3.05, 3.63) is 76.8 Å². The van der Waals surface area contributed by atoms with Crippen LogP contribution in [0, 0.1) is 0 Å². The van der Waals surface area contributed by atoms with Crippen LogP contribution in [0.25, 0.3) is 10.8 Å². The topological polar surface area (TPSA) is 107 Å². The molecule has 4 rings (SSSR count). The highest BCUT2D eigenvalue weighted by Crippen LogP contribution is 2.25. The predicted octanol–water partition coefficient (Wildman–Crippen LogP) is 2.62. The Hall–Kier alpha value is -2.79. The summed E-state index contributed by atoms with van der Waals surface area (Å²) in [7, 11) is -4.02. The van der Waals surface area contributed by atoms with Crippen LogP contribution < -0.4 is 5.48 Å². The molecular formula is C22H20BrN3O5S. The van der Waals surface area contributed by atoms with E-state index in [1.807, 2.05) is 30.3 Å². The van der Waals surface area contributed by atoms with Crippen molar-refractivity contribution in [3.63, 3.8) is 0 Å². The van der Waals surface area contributed by atoms with E-state index >= 15 is 0 Å². The number of benzene rings is 3. The molecule has 1 atom stereocenters. The molecule has 0 saturated carbocycles. The highest BCUT2D eigenvalue weighted by atomic mass is 79.9. The lowest BCUT2D eigenvalue weighted by molar-refractivity contribution is -0.134. The van der Waals surface area contributed by atoms with Gasteiger partial charge in [0.05, 0.1) is 4.90 Å². The number of amides is 2. The van der Waals surface area contributed by atoms with Crippen LogP contribution in [0.5, 0.6) is 0 Å². The Morgan fingerprint density at radius 1 is 0.969 bits per heavy atom. The smallest absolute Gasteiger partial charge is 0.263 e. The van der Waals surface area contributed by atoms with Gasteiger partial charge < -0.3 is 4.90 Å². The lowest BCUT2D eigenvalue weighted by Crippen LogP contribution is -2.61. The maximum absolute atomic E-state index is 13.2. The van der Waals surface area contributed by atoms with Gasteiger partial charge >= 0.3 is 0 Å². The quantitative estimate of drug-likeness (QED) is 0.408. The molecule has 1 aliphatic rings. The Kier molecular flexibility index (Phi) is 6.29. The van der Waals surface area contributed by atoms with Gasteiger partial charge in [0, 0.05) is 29.7 Å². The maximum atomic E-state index is 13.2. The molecule has 1 saturated heterocycles. The monoisotopic (exact) mass is 517 g/mol. The van der Waals surface area contributed by atoms with Gasteiger partial charge in [-0.1, -0.05) is 46.3 Å². The van der Waals surface area contributed by atoms with Crippen LogP contribution in [0.2, 0.25) is 0 Å². The number of hydrogen-bond donors (Lipinski definition) is 2. The van der Waals surface area contributed by atoms with Gasteiger partial charge in [0.1, 0.15) is 6.04 Å². The van der Waals surface area contributed by atoms with Gasteiger partial charge in [0.2, 0.25) is 10.0 Å². The third-order valence-corrected chi connectivity index (χ3v) is 7.90. The maximum Gasteiger partial charge on any atom is 0.263 e. The first-order chi connectivity index (χ1) is 15.3. The summed E-state index contributed by atoms with van der Waals surface area (Å²) >= 11 is 3.27. The van der Waals surface area contributed by atoms with Crippen molar-refractivity contribution in [3.8, 4) is 0 Å². The summed E-state index contributed by atoms with van der Waals surface area (Å²) in [5.74, 6) is -1.21. The second-order valence-corrected chi connectivity index (χ2v) is 10.2. The van der Waals surface area contributed by atoms with Crippen molar-refractivity contribution < 1.29 is 23.2 Å². The molecule has 32 heavy (non-hydrogen) atoms. The summed E-state index contributed by atoms with van der Waals surface area (Å²) in [5.41, 5.74) is 1.97. The van der Waals surface area contributed by atoms with E-state index in [1.54, 1.807) is 24.3 Å². The summed E-state index contributed by atoms with van der Waals surface area (Å²) in [6, 6.07) is 17.7. The Morgan fingerprint density at radius 2 is 1.66 bits per heavy atom. The van der Waals surface area contributed by atoms with Crippen molar-refractivity contribution in [2.75, 3.05) is 19.6 Å². The van der Waals surface area contributed by atoms with Gasteiger partial charge in [-0.05, 0) is 47.2 Å².